The number of benzene rings is 4. The van der Waals surface area contributed by atoms with Gasteiger partial charge in [-0.3, -0.25) is 0 Å². The van der Waals surface area contributed by atoms with Gasteiger partial charge in [0.1, 0.15) is 0 Å². The highest BCUT2D eigenvalue weighted by Crippen LogP contribution is 2.44. The lowest BCUT2D eigenvalue weighted by Gasteiger charge is -2.28. The van der Waals surface area contributed by atoms with Gasteiger partial charge in [0.05, 0.1) is 32.1 Å². The lowest BCUT2D eigenvalue weighted by atomic mass is 9.78. The van der Waals surface area contributed by atoms with Crippen LogP contribution in [0.3, 0.4) is 0 Å². The van der Waals surface area contributed by atoms with Crippen LogP contribution in [0.1, 0.15) is 25.0 Å². The zero-order chi connectivity index (χ0) is 32.7. The van der Waals surface area contributed by atoms with E-state index in [1.54, 1.807) is 36.4 Å². The zero-order valence-electron chi connectivity index (χ0n) is 24.6. The molecular weight excluding hydrogens is 844 g/mol. The van der Waals surface area contributed by atoms with Crippen molar-refractivity contribution >= 4 is 75.7 Å². The van der Waals surface area contributed by atoms with Crippen molar-refractivity contribution < 1.29 is 38.0 Å². The van der Waals surface area contributed by atoms with E-state index in [2.05, 4.69) is 77.6 Å². The molecule has 0 amide bonds. The fourth-order valence-electron chi connectivity index (χ4n) is 4.24. The molecule has 8 nitrogen and oxygen atoms in total. The summed E-state index contributed by atoms with van der Waals surface area (Å²) in [6, 6.07) is 21.6. The van der Waals surface area contributed by atoms with Crippen molar-refractivity contribution in [3.05, 3.63) is 102 Å². The average molecular weight is 872 g/mol. The Bertz CT molecular complexity index is 1540. The van der Waals surface area contributed by atoms with E-state index in [9.17, 15) is 9.59 Å². The molecule has 0 spiro atoms. The normalized spacial score (nSPS) is 11.0. The minimum absolute atomic E-state index is 0.307. The van der Waals surface area contributed by atoms with E-state index in [0.717, 1.165) is 11.1 Å². The Balaban J connectivity index is 1.46. The summed E-state index contributed by atoms with van der Waals surface area (Å²) in [5.41, 5.74) is 1.31. The summed E-state index contributed by atoms with van der Waals surface area (Å²) in [6.45, 7) is 3.49. The predicted molar refractivity (Wildman–Crippen MR) is 184 cm³/mol. The molecular formula is C33H28Br4O8. The van der Waals surface area contributed by atoms with Gasteiger partial charge in [-0.05, 0) is 123 Å². The van der Waals surface area contributed by atoms with Gasteiger partial charge in [0.15, 0.2) is 47.7 Å². The number of hydrogen-bond donors (Lipinski definition) is 0. The Labute approximate surface area is 294 Å². The van der Waals surface area contributed by atoms with Gasteiger partial charge >= 0.3 is 11.9 Å². The van der Waals surface area contributed by atoms with Crippen LogP contribution in [0.5, 0.6) is 34.5 Å². The first-order valence-corrected chi connectivity index (χ1v) is 16.5. The van der Waals surface area contributed by atoms with E-state index in [1.165, 1.54) is 14.2 Å². The van der Waals surface area contributed by atoms with Gasteiger partial charge in [-0.2, -0.15) is 0 Å². The van der Waals surface area contributed by atoms with E-state index >= 15 is 0 Å². The molecule has 4 rings (SSSR count). The van der Waals surface area contributed by atoms with E-state index in [-0.39, 0.29) is 13.2 Å². The Morgan fingerprint density at radius 3 is 1.20 bits per heavy atom. The third kappa shape index (κ3) is 8.60. The van der Waals surface area contributed by atoms with Crippen LogP contribution < -0.4 is 28.4 Å². The summed E-state index contributed by atoms with van der Waals surface area (Å²) >= 11 is 14.2. The van der Waals surface area contributed by atoms with Gasteiger partial charge in [-0.15, -0.1) is 0 Å². The molecule has 0 aliphatic carbocycles. The molecule has 0 aliphatic heterocycles. The van der Waals surface area contributed by atoms with E-state index in [1.807, 2.05) is 36.4 Å². The first kappa shape index (κ1) is 34.8. The Morgan fingerprint density at radius 1 is 0.578 bits per heavy atom. The second kappa shape index (κ2) is 15.5. The summed E-state index contributed by atoms with van der Waals surface area (Å²) in [4.78, 5) is 25.3. The molecule has 4 aromatic rings. The van der Waals surface area contributed by atoms with Crippen molar-refractivity contribution in [2.45, 2.75) is 19.3 Å². The first-order valence-electron chi connectivity index (χ1n) is 13.4. The second-order valence-corrected chi connectivity index (χ2v) is 13.4. The molecule has 0 radical (unpaired) electrons. The molecule has 0 saturated carbocycles. The summed E-state index contributed by atoms with van der Waals surface area (Å²) in [5.74, 6) is 1.38. The molecule has 0 aromatic heterocycles. The number of carbonyl (C=O) groups excluding carboxylic acids is 2. The van der Waals surface area contributed by atoms with Gasteiger partial charge in [0.25, 0.3) is 0 Å². The Hall–Kier alpha value is -3.06. The molecule has 0 bridgehead atoms. The maximum atomic E-state index is 12.6. The van der Waals surface area contributed by atoms with Crippen LogP contribution in [0, 0.1) is 0 Å². The van der Waals surface area contributed by atoms with Crippen LogP contribution >= 0.6 is 63.7 Å². The lowest BCUT2D eigenvalue weighted by molar-refractivity contribution is -0.137. The molecule has 0 N–H and O–H groups in total. The van der Waals surface area contributed by atoms with Gasteiger partial charge in [0.2, 0.25) is 0 Å². The van der Waals surface area contributed by atoms with Gasteiger partial charge in [0, 0.05) is 5.41 Å². The topological polar surface area (TPSA) is 89.5 Å². The highest BCUT2D eigenvalue weighted by molar-refractivity contribution is 9.11. The molecule has 4 aromatic carbocycles. The standard InChI is InChI=1S/C33H28Br4O8/c1-33(2,19-13-21(34)31(22(35)14-19)44-29(38)17-42-27-11-7-5-9-25(27)40-3)20-15-23(36)32(24(37)16-20)45-30(39)18-43-28-12-8-6-10-26(28)41-4/h5-16H,17-18H2,1-4H3. The van der Waals surface area contributed by atoms with Crippen LogP contribution in [0.2, 0.25) is 0 Å². The Morgan fingerprint density at radius 2 is 0.889 bits per heavy atom. The average Bonchev–Trinajstić information content (AvgIpc) is 3.02. The molecule has 45 heavy (non-hydrogen) atoms. The van der Waals surface area contributed by atoms with Crippen molar-refractivity contribution in [3.8, 4) is 34.5 Å². The van der Waals surface area contributed by atoms with Gasteiger partial charge < -0.3 is 28.4 Å². The summed E-state index contributed by atoms with van der Waals surface area (Å²) in [6.07, 6.45) is 0. The molecule has 0 saturated heterocycles. The fraction of sp³-hybridized carbons (Fsp3) is 0.212. The molecule has 0 fully saturated rings. The lowest BCUT2D eigenvalue weighted by Crippen LogP contribution is -2.21. The molecule has 0 aliphatic rings. The number of para-hydroxylation sites is 4. The number of carbonyl (C=O) groups is 2. The van der Waals surface area contributed by atoms with Crippen molar-refractivity contribution in [1.29, 1.82) is 0 Å². The Kier molecular flexibility index (Phi) is 12.0. The maximum absolute atomic E-state index is 12.6. The molecule has 236 valence electrons. The number of rotatable bonds is 12. The predicted octanol–water partition coefficient (Wildman–Crippen LogP) is 9.05. The number of hydrogen-bond acceptors (Lipinski definition) is 8. The third-order valence-corrected chi connectivity index (χ3v) is 9.06. The van der Waals surface area contributed by atoms with Crippen molar-refractivity contribution in [2.24, 2.45) is 0 Å². The van der Waals surface area contributed by atoms with E-state index < -0.39 is 17.4 Å². The van der Waals surface area contributed by atoms with E-state index in [0.29, 0.717) is 52.4 Å². The zero-order valence-corrected chi connectivity index (χ0v) is 31.0. The van der Waals surface area contributed by atoms with Crippen LogP contribution in [0.15, 0.2) is 90.7 Å². The quantitative estimate of drug-likeness (QED) is 0.103. The molecule has 0 unspecified atom stereocenters. The second-order valence-electron chi connectivity index (χ2n) is 9.99. The monoisotopic (exact) mass is 868 g/mol. The van der Waals surface area contributed by atoms with Crippen LogP contribution in [0.4, 0.5) is 0 Å². The number of esters is 2. The van der Waals surface area contributed by atoms with E-state index in [4.69, 9.17) is 28.4 Å². The molecule has 0 atom stereocenters. The van der Waals surface area contributed by atoms with Crippen molar-refractivity contribution in [2.75, 3.05) is 27.4 Å². The van der Waals surface area contributed by atoms with Gasteiger partial charge in [-0.1, -0.05) is 38.1 Å². The third-order valence-electron chi connectivity index (χ3n) is 6.70. The van der Waals surface area contributed by atoms with Crippen LogP contribution in [-0.2, 0) is 15.0 Å². The fourth-order valence-corrected chi connectivity index (χ4v) is 6.94. The summed E-state index contributed by atoms with van der Waals surface area (Å²) in [7, 11) is 3.06. The first-order chi connectivity index (χ1) is 21.4. The number of halogens is 4. The van der Waals surface area contributed by atoms with Gasteiger partial charge in [-0.25, -0.2) is 9.59 Å². The minimum Gasteiger partial charge on any atom is -0.493 e. The SMILES string of the molecule is COc1ccccc1OCC(=O)Oc1c(Br)cc(C(C)(C)c2cc(Br)c(OC(=O)COc3ccccc3OC)c(Br)c2)cc1Br. The largest absolute Gasteiger partial charge is 0.493 e. The molecule has 0 heterocycles. The van der Waals surface area contributed by atoms with Crippen LogP contribution in [-0.4, -0.2) is 39.4 Å². The number of methoxy groups -OCH3 is 2. The highest BCUT2D eigenvalue weighted by Gasteiger charge is 2.28. The number of ether oxygens (including phenoxy) is 6. The highest BCUT2D eigenvalue weighted by atomic mass is 79.9. The van der Waals surface area contributed by atoms with Crippen molar-refractivity contribution in [3.63, 3.8) is 0 Å². The smallest absolute Gasteiger partial charge is 0.349 e. The minimum atomic E-state index is -0.583. The van der Waals surface area contributed by atoms with Crippen molar-refractivity contribution in [1.82, 2.24) is 0 Å². The van der Waals surface area contributed by atoms with Crippen LogP contribution in [0.25, 0.3) is 0 Å². The maximum Gasteiger partial charge on any atom is 0.349 e. The molecule has 12 heteroatoms. The summed E-state index contributed by atoms with van der Waals surface area (Å²) in [5, 5.41) is 0. The summed E-state index contributed by atoms with van der Waals surface area (Å²) < 4.78 is 35.2.